The van der Waals surface area contributed by atoms with Crippen LogP contribution in [0.2, 0.25) is 0 Å². The van der Waals surface area contributed by atoms with Gasteiger partial charge < -0.3 is 10.6 Å². The Morgan fingerprint density at radius 1 is 1.00 bits per heavy atom. The van der Waals surface area contributed by atoms with E-state index in [9.17, 15) is 8.78 Å². The third-order valence-electron chi connectivity index (χ3n) is 4.35. The van der Waals surface area contributed by atoms with E-state index in [-0.39, 0.29) is 12.1 Å². The van der Waals surface area contributed by atoms with Crippen LogP contribution in [-0.4, -0.2) is 22.8 Å². The molecule has 0 amide bonds. The molecule has 1 aromatic heterocycles. The molecule has 0 atom stereocenters. The molecule has 146 valence electrons. The van der Waals surface area contributed by atoms with Crippen LogP contribution in [-0.2, 0) is 13.1 Å². The summed E-state index contributed by atoms with van der Waals surface area (Å²) >= 11 is 0. The summed E-state index contributed by atoms with van der Waals surface area (Å²) in [4.78, 5) is 4.15. The molecule has 0 unspecified atom stereocenters. The topological polar surface area (TPSA) is 54.2 Å². The number of halogens is 2. The molecular weight excluding hydrogens is 360 g/mol. The summed E-state index contributed by atoms with van der Waals surface area (Å²) in [5, 5.41) is 10.8. The van der Waals surface area contributed by atoms with Crippen LogP contribution in [0.5, 0.6) is 0 Å². The molecule has 0 fully saturated rings. The largest absolute Gasteiger partial charge is 0.352 e. The summed E-state index contributed by atoms with van der Waals surface area (Å²) in [7, 11) is 1.63. The fourth-order valence-electron chi connectivity index (χ4n) is 3.00. The average molecular weight is 383 g/mol. The zero-order chi connectivity index (χ0) is 20.1. The number of aromatic nitrogens is 2. The molecule has 0 bridgehead atoms. The van der Waals surface area contributed by atoms with E-state index < -0.39 is 11.6 Å². The van der Waals surface area contributed by atoms with Crippen LogP contribution in [0.3, 0.4) is 0 Å². The SMILES string of the molecule is CN=C(NCc1cc(F)ccc1F)NCc1ccccc1-n1nc(C)cc1C. The maximum absolute atomic E-state index is 13.8. The van der Waals surface area contributed by atoms with Gasteiger partial charge in [0, 0.05) is 31.4 Å². The molecule has 0 aliphatic rings. The predicted octanol–water partition coefficient (Wildman–Crippen LogP) is 3.63. The molecule has 2 N–H and O–H groups in total. The van der Waals surface area contributed by atoms with E-state index in [1.54, 1.807) is 7.05 Å². The van der Waals surface area contributed by atoms with Gasteiger partial charge in [0.05, 0.1) is 11.4 Å². The smallest absolute Gasteiger partial charge is 0.191 e. The van der Waals surface area contributed by atoms with Crippen LogP contribution in [0.4, 0.5) is 8.78 Å². The Labute approximate surface area is 163 Å². The van der Waals surface area contributed by atoms with Gasteiger partial charge >= 0.3 is 0 Å². The Kier molecular flexibility index (Phi) is 6.03. The molecule has 2 aromatic carbocycles. The summed E-state index contributed by atoms with van der Waals surface area (Å²) in [5.74, 6) is -0.439. The molecule has 0 radical (unpaired) electrons. The fourth-order valence-corrected chi connectivity index (χ4v) is 3.00. The number of aliphatic imine (C=N–C) groups is 1. The van der Waals surface area contributed by atoms with E-state index in [1.807, 2.05) is 48.9 Å². The number of nitrogens with one attached hydrogen (secondary N) is 2. The second-order valence-electron chi connectivity index (χ2n) is 6.48. The summed E-state index contributed by atoms with van der Waals surface area (Å²) in [6.45, 7) is 4.60. The third-order valence-corrected chi connectivity index (χ3v) is 4.35. The molecule has 1 heterocycles. The zero-order valence-corrected chi connectivity index (χ0v) is 16.1. The minimum atomic E-state index is -0.472. The van der Waals surface area contributed by atoms with Crippen LogP contribution in [0, 0.1) is 25.5 Å². The molecule has 0 saturated carbocycles. The summed E-state index contributed by atoms with van der Waals surface area (Å²) in [6.07, 6.45) is 0. The molecule has 3 aromatic rings. The monoisotopic (exact) mass is 383 g/mol. The molecule has 0 spiro atoms. The average Bonchev–Trinajstić information content (AvgIpc) is 3.02. The van der Waals surface area contributed by atoms with Crippen molar-refractivity contribution in [3.8, 4) is 5.69 Å². The van der Waals surface area contributed by atoms with E-state index in [0.717, 1.165) is 34.8 Å². The van der Waals surface area contributed by atoms with Gasteiger partial charge in [0.1, 0.15) is 11.6 Å². The number of para-hydroxylation sites is 1. The molecule has 0 aliphatic heterocycles. The van der Waals surface area contributed by atoms with Crippen molar-refractivity contribution in [2.75, 3.05) is 7.05 Å². The van der Waals surface area contributed by atoms with Crippen LogP contribution < -0.4 is 10.6 Å². The van der Waals surface area contributed by atoms with Crippen molar-refractivity contribution in [1.29, 1.82) is 0 Å². The minimum Gasteiger partial charge on any atom is -0.352 e. The fraction of sp³-hybridized carbons (Fsp3) is 0.238. The van der Waals surface area contributed by atoms with Gasteiger partial charge in [-0.1, -0.05) is 18.2 Å². The van der Waals surface area contributed by atoms with E-state index in [4.69, 9.17) is 0 Å². The molecule has 28 heavy (non-hydrogen) atoms. The first-order valence-corrected chi connectivity index (χ1v) is 8.98. The Morgan fingerprint density at radius 2 is 1.71 bits per heavy atom. The first kappa shape index (κ1) is 19.5. The highest BCUT2D eigenvalue weighted by atomic mass is 19.1. The lowest BCUT2D eigenvalue weighted by molar-refractivity contribution is 0.581. The maximum Gasteiger partial charge on any atom is 0.191 e. The number of aryl methyl sites for hydroxylation is 2. The second kappa shape index (κ2) is 8.65. The molecule has 3 rings (SSSR count). The highest BCUT2D eigenvalue weighted by molar-refractivity contribution is 5.79. The first-order chi connectivity index (χ1) is 13.5. The summed E-state index contributed by atoms with van der Waals surface area (Å²) in [5.41, 5.74) is 4.26. The lowest BCUT2D eigenvalue weighted by atomic mass is 10.1. The molecule has 0 aliphatic carbocycles. The van der Waals surface area contributed by atoms with Gasteiger partial charge in [-0.25, -0.2) is 13.5 Å². The van der Waals surface area contributed by atoms with Crippen molar-refractivity contribution in [1.82, 2.24) is 20.4 Å². The standard InChI is InChI=1S/C21H23F2N5/c1-14-10-15(2)28(27-14)20-7-5-4-6-16(20)12-25-21(24-3)26-13-17-11-18(22)8-9-19(17)23/h4-11H,12-13H2,1-3H3,(H2,24,25,26). The first-order valence-electron chi connectivity index (χ1n) is 8.98. The van der Waals surface area contributed by atoms with Crippen molar-refractivity contribution in [3.05, 3.63) is 82.7 Å². The highest BCUT2D eigenvalue weighted by Gasteiger charge is 2.10. The van der Waals surface area contributed by atoms with Crippen molar-refractivity contribution in [3.63, 3.8) is 0 Å². The number of hydrogen-bond donors (Lipinski definition) is 2. The normalized spacial score (nSPS) is 11.5. The zero-order valence-electron chi connectivity index (χ0n) is 16.1. The number of guanidine groups is 1. The Bertz CT molecular complexity index is 994. The molecule has 0 saturated heterocycles. The van der Waals surface area contributed by atoms with Crippen molar-refractivity contribution < 1.29 is 8.78 Å². The number of nitrogens with zero attached hydrogens (tertiary/aromatic N) is 3. The quantitative estimate of drug-likeness (QED) is 0.523. The van der Waals surface area contributed by atoms with E-state index in [2.05, 4.69) is 20.7 Å². The van der Waals surface area contributed by atoms with E-state index in [0.29, 0.717) is 12.5 Å². The van der Waals surface area contributed by atoms with Crippen molar-refractivity contribution >= 4 is 5.96 Å². The van der Waals surface area contributed by atoms with Gasteiger partial charge in [0.25, 0.3) is 0 Å². The van der Waals surface area contributed by atoms with Crippen molar-refractivity contribution in [2.45, 2.75) is 26.9 Å². The minimum absolute atomic E-state index is 0.127. The lowest BCUT2D eigenvalue weighted by Gasteiger charge is -2.15. The van der Waals surface area contributed by atoms with Crippen LogP contribution in [0.15, 0.2) is 53.5 Å². The van der Waals surface area contributed by atoms with Gasteiger partial charge in [0.15, 0.2) is 5.96 Å². The van der Waals surface area contributed by atoms with Gasteiger partial charge in [-0.15, -0.1) is 0 Å². The van der Waals surface area contributed by atoms with Crippen molar-refractivity contribution in [2.24, 2.45) is 4.99 Å². The van der Waals surface area contributed by atoms with Crippen LogP contribution >= 0.6 is 0 Å². The van der Waals surface area contributed by atoms with Gasteiger partial charge in [-0.2, -0.15) is 5.10 Å². The molecular formula is C21H23F2N5. The van der Waals surface area contributed by atoms with Gasteiger partial charge in [-0.3, -0.25) is 4.99 Å². The Balaban J connectivity index is 1.69. The highest BCUT2D eigenvalue weighted by Crippen LogP contribution is 2.17. The molecule has 7 heteroatoms. The van der Waals surface area contributed by atoms with E-state index >= 15 is 0 Å². The maximum atomic E-state index is 13.8. The molecule has 5 nitrogen and oxygen atoms in total. The number of rotatable bonds is 5. The van der Waals surface area contributed by atoms with Crippen LogP contribution in [0.25, 0.3) is 5.69 Å². The lowest BCUT2D eigenvalue weighted by Crippen LogP contribution is -2.36. The third kappa shape index (κ3) is 4.54. The van der Waals surface area contributed by atoms with Gasteiger partial charge in [-0.05, 0) is 49.7 Å². The Hall–Kier alpha value is -3.22. The number of hydrogen-bond acceptors (Lipinski definition) is 2. The van der Waals surface area contributed by atoms with Gasteiger partial charge in [0.2, 0.25) is 0 Å². The second-order valence-corrected chi connectivity index (χ2v) is 6.48. The summed E-state index contributed by atoms with van der Waals surface area (Å²) < 4.78 is 29.0. The van der Waals surface area contributed by atoms with E-state index in [1.165, 1.54) is 6.07 Å². The van der Waals surface area contributed by atoms with Crippen LogP contribution in [0.1, 0.15) is 22.5 Å². The predicted molar refractivity (Wildman–Crippen MR) is 106 cm³/mol. The number of benzene rings is 2. The summed E-state index contributed by atoms with van der Waals surface area (Å²) in [6, 6.07) is 13.4. The Morgan fingerprint density at radius 3 is 2.39 bits per heavy atom.